The number of rotatable bonds is 4. The average Bonchev–Trinajstić information content (AvgIpc) is 2.14. The van der Waals surface area contributed by atoms with Crippen LogP contribution in [-0.2, 0) is 14.3 Å². The van der Waals surface area contributed by atoms with Gasteiger partial charge in [0.15, 0.2) is 0 Å². The first kappa shape index (κ1) is 3.25. The van der Waals surface area contributed by atoms with E-state index in [0.29, 0.717) is 0 Å². The lowest BCUT2D eigenvalue weighted by molar-refractivity contribution is -0.153. The Morgan fingerprint density at radius 3 is 2.73 bits per heavy atom. The highest BCUT2D eigenvalue weighted by Crippen LogP contribution is 2.00. The summed E-state index contributed by atoms with van der Waals surface area (Å²) in [7, 11) is 0. The largest absolute Gasteiger partial charge is 0.460 e. The van der Waals surface area contributed by atoms with Crippen molar-refractivity contribution < 1.29 is 23.9 Å². The van der Waals surface area contributed by atoms with Gasteiger partial charge >= 0.3 is 5.97 Å². The number of esters is 1. The minimum absolute atomic E-state index is 0.100. The molecular formula is C8H14O3. The first-order valence-corrected chi connectivity index (χ1v) is 3.07. The van der Waals surface area contributed by atoms with Gasteiger partial charge in [-0.1, -0.05) is 13.7 Å². The molecule has 0 saturated carbocycles. The van der Waals surface area contributed by atoms with Gasteiger partial charge in [0.25, 0.3) is 0 Å². The quantitative estimate of drug-likeness (QED) is 0.464. The molecule has 0 bridgehead atoms. The van der Waals surface area contributed by atoms with E-state index in [1.807, 2.05) is 0 Å². The van der Waals surface area contributed by atoms with Gasteiger partial charge < -0.3 is 4.74 Å². The molecule has 0 rings (SSSR count). The first-order valence-electron chi connectivity index (χ1n) is 6.57. The van der Waals surface area contributed by atoms with Crippen molar-refractivity contribution in [2.45, 2.75) is 27.0 Å². The molecule has 0 atom stereocenters. The van der Waals surface area contributed by atoms with Crippen LogP contribution >= 0.6 is 0 Å². The number of carbonyl (C=O) groups is 2. The van der Waals surface area contributed by atoms with Gasteiger partial charge in [-0.3, -0.25) is 4.79 Å². The smallest absolute Gasteiger partial charge is 0.374 e. The molecule has 0 spiro atoms. The molecule has 64 valence electrons. The molecule has 11 heavy (non-hydrogen) atoms. The van der Waals surface area contributed by atoms with Crippen LogP contribution in [-0.4, -0.2) is 18.4 Å². The third kappa shape index (κ3) is 4.53. The molecule has 0 N–H and O–H groups in total. The maximum atomic E-state index is 11.3. The molecule has 0 radical (unpaired) electrons. The topological polar surface area (TPSA) is 43.4 Å². The molecule has 0 aliphatic carbocycles. The van der Waals surface area contributed by atoms with Crippen molar-refractivity contribution in [2.75, 3.05) is 6.61 Å². The number of hydrogen-bond donors (Lipinski definition) is 0. The van der Waals surface area contributed by atoms with Gasteiger partial charge in [0.05, 0.1) is 6.61 Å². The van der Waals surface area contributed by atoms with E-state index in [1.165, 1.54) is 6.92 Å². The molecule has 0 aliphatic rings. The van der Waals surface area contributed by atoms with Gasteiger partial charge in [-0.15, -0.1) is 0 Å². The summed E-state index contributed by atoms with van der Waals surface area (Å²) >= 11 is 0. The van der Waals surface area contributed by atoms with E-state index in [1.54, 1.807) is 0 Å². The predicted octanol–water partition coefficient (Wildman–Crippen LogP) is 1.16. The summed E-state index contributed by atoms with van der Waals surface area (Å²) in [5.74, 6) is -5.69. The highest BCUT2D eigenvalue weighted by Gasteiger charge is 2.15. The molecule has 3 nitrogen and oxygen atoms in total. The van der Waals surface area contributed by atoms with E-state index in [-0.39, 0.29) is 6.61 Å². The zero-order valence-corrected chi connectivity index (χ0v) is 6.14. The summed E-state index contributed by atoms with van der Waals surface area (Å²) in [6, 6.07) is 0. The van der Waals surface area contributed by atoms with Crippen LogP contribution in [0.2, 0.25) is 0 Å². The van der Waals surface area contributed by atoms with E-state index in [9.17, 15) is 9.59 Å². The van der Waals surface area contributed by atoms with Crippen molar-refractivity contribution in [1.29, 1.82) is 0 Å². The number of ether oxygens (including phenoxy) is 1. The van der Waals surface area contributed by atoms with E-state index in [4.69, 9.17) is 9.60 Å². The number of hydrogen-bond acceptors (Lipinski definition) is 3. The Balaban J connectivity index is 5.19. The molecule has 0 heterocycles. The molecule has 0 aromatic heterocycles. The van der Waals surface area contributed by atoms with Crippen LogP contribution in [0.15, 0.2) is 0 Å². The minimum atomic E-state index is -3.22. The molecule has 0 aromatic rings. The van der Waals surface area contributed by atoms with Crippen LogP contribution in [0.4, 0.5) is 0 Å². The Morgan fingerprint density at radius 2 is 2.27 bits per heavy atom. The molecule has 0 fully saturated rings. The van der Waals surface area contributed by atoms with E-state index < -0.39 is 37.8 Å². The molecule has 0 aromatic carbocycles. The van der Waals surface area contributed by atoms with Crippen LogP contribution in [0.25, 0.3) is 0 Å². The Hall–Kier alpha value is -0.860. The zero-order valence-electron chi connectivity index (χ0n) is 13.1. The second-order valence-corrected chi connectivity index (χ2v) is 1.80. The van der Waals surface area contributed by atoms with Crippen LogP contribution in [0.5, 0.6) is 0 Å². The summed E-state index contributed by atoms with van der Waals surface area (Å²) in [5.41, 5.74) is 0. The van der Waals surface area contributed by atoms with Crippen molar-refractivity contribution >= 4 is 11.8 Å². The van der Waals surface area contributed by atoms with Crippen molar-refractivity contribution in [3.05, 3.63) is 0 Å². The van der Waals surface area contributed by atoms with Gasteiger partial charge in [-0.05, 0) is 12.8 Å². The second kappa shape index (κ2) is 4.88. The average molecular weight is 165 g/mol. The van der Waals surface area contributed by atoms with E-state index >= 15 is 0 Å². The lowest BCUT2D eigenvalue weighted by atomic mass is 10.1. The van der Waals surface area contributed by atoms with Gasteiger partial charge in [0, 0.05) is 16.0 Å². The van der Waals surface area contributed by atoms with Crippen LogP contribution in [0.1, 0.15) is 36.6 Å². The maximum absolute atomic E-state index is 11.3. The number of Topliss-reactive ketones (excluding diaryl/α,β-unsaturated/α-hetero) is 1. The van der Waals surface area contributed by atoms with Crippen molar-refractivity contribution in [2.24, 2.45) is 5.89 Å². The summed E-state index contributed by atoms with van der Waals surface area (Å²) in [6.45, 7) is -5.11. The monoisotopic (exact) mass is 165 g/mol. The lowest BCUT2D eigenvalue weighted by Crippen LogP contribution is -2.18. The Morgan fingerprint density at radius 1 is 1.64 bits per heavy atom. The minimum Gasteiger partial charge on any atom is -0.460 e. The van der Waals surface area contributed by atoms with E-state index in [2.05, 4.69) is 4.74 Å². The molecule has 0 saturated heterocycles. The fraction of sp³-hybridized carbons (Fsp3) is 0.750. The molecule has 0 unspecified atom stereocenters. The predicted molar refractivity (Wildman–Crippen MR) is 41.1 cm³/mol. The standard InChI is InChI=1S/C8H14O3/c1-4-11-8(10)7(9)5-6(2)3/h6H,4-5H2,1-3H3/i2D3,3D3,6D. The van der Waals surface area contributed by atoms with Crippen molar-refractivity contribution in [1.82, 2.24) is 0 Å². The van der Waals surface area contributed by atoms with Crippen molar-refractivity contribution in [3.63, 3.8) is 0 Å². The summed E-state index contributed by atoms with van der Waals surface area (Å²) in [6.07, 6.45) is -1.24. The van der Waals surface area contributed by atoms with Gasteiger partial charge in [-0.25, -0.2) is 4.79 Å². The maximum Gasteiger partial charge on any atom is 0.374 e. The fourth-order valence-electron chi connectivity index (χ4n) is 0.444. The highest BCUT2D eigenvalue weighted by atomic mass is 16.5. The third-order valence-electron chi connectivity index (χ3n) is 0.840. The third-order valence-corrected chi connectivity index (χ3v) is 0.840. The lowest BCUT2D eigenvalue weighted by Gasteiger charge is -2.02. The second-order valence-electron chi connectivity index (χ2n) is 1.80. The fourth-order valence-corrected chi connectivity index (χ4v) is 0.444. The van der Waals surface area contributed by atoms with Crippen LogP contribution < -0.4 is 0 Å². The zero-order chi connectivity index (χ0) is 14.8. The van der Waals surface area contributed by atoms with Gasteiger partial charge in [0.1, 0.15) is 0 Å². The SMILES string of the molecule is [2H]C([2H])([2H])C([2H])(CC(=O)C(=O)OCC)C([2H])([2H])[2H]. The Labute approximate surface area is 76.6 Å². The van der Waals surface area contributed by atoms with Crippen LogP contribution in [0.3, 0.4) is 0 Å². The molecule has 3 heteroatoms. The van der Waals surface area contributed by atoms with Crippen LogP contribution in [0, 0.1) is 5.89 Å². The van der Waals surface area contributed by atoms with Gasteiger partial charge in [0.2, 0.25) is 5.78 Å². The van der Waals surface area contributed by atoms with Gasteiger partial charge in [-0.2, -0.15) is 0 Å². The molecule has 0 amide bonds. The molecule has 0 aliphatic heterocycles. The first-order chi connectivity index (χ1) is 7.87. The van der Waals surface area contributed by atoms with Crippen molar-refractivity contribution in [3.8, 4) is 0 Å². The Bertz CT molecular complexity index is 317. The molecular weight excluding hydrogens is 144 g/mol. The number of carbonyl (C=O) groups excluding carboxylic acids is 2. The highest BCUT2D eigenvalue weighted by molar-refractivity contribution is 6.33. The number of ketones is 1. The normalized spacial score (nSPS) is 22.5. The Kier molecular flexibility index (Phi) is 1.44. The summed E-state index contributed by atoms with van der Waals surface area (Å²) < 4.78 is 54.2. The summed E-state index contributed by atoms with van der Waals surface area (Å²) in [5, 5.41) is 0. The van der Waals surface area contributed by atoms with E-state index in [0.717, 1.165) is 0 Å². The summed E-state index contributed by atoms with van der Waals surface area (Å²) in [4.78, 5) is 22.4.